The molecule has 4 rings (SSSR count). The molecule has 9 nitrogen and oxygen atoms in total. The largest absolute Gasteiger partial charge is 0.394 e. The number of nitrogens with zero attached hydrogens (tertiary/aromatic N) is 4. The molecule has 1 aromatic carbocycles. The van der Waals surface area contributed by atoms with Gasteiger partial charge in [0, 0.05) is 37.8 Å². The highest BCUT2D eigenvalue weighted by atomic mass is 16.3. The van der Waals surface area contributed by atoms with Crippen molar-refractivity contribution in [2.75, 3.05) is 25.0 Å². The Balaban J connectivity index is 1.46. The number of aliphatic hydroxyl groups is 1. The van der Waals surface area contributed by atoms with E-state index in [0.717, 1.165) is 29.8 Å². The number of fused-ring (bicyclic) bond motifs is 1. The Bertz CT molecular complexity index is 996. The first-order valence-electron chi connectivity index (χ1n) is 10.9. The van der Waals surface area contributed by atoms with Gasteiger partial charge in [0.25, 0.3) is 0 Å². The zero-order chi connectivity index (χ0) is 22.9. The quantitative estimate of drug-likeness (QED) is 0.659. The van der Waals surface area contributed by atoms with Gasteiger partial charge in [-0.3, -0.25) is 4.79 Å². The number of benzene rings is 1. The minimum atomic E-state index is -0.590. The molecule has 1 unspecified atom stereocenters. The molecule has 9 heteroatoms. The van der Waals surface area contributed by atoms with Gasteiger partial charge in [-0.2, -0.15) is 0 Å². The number of aliphatic hydroxyl groups excluding tert-OH is 1. The smallest absolute Gasteiger partial charge is 0.319 e. The zero-order valence-corrected chi connectivity index (χ0v) is 18.7. The number of carbonyl (C=O) groups is 2. The summed E-state index contributed by atoms with van der Waals surface area (Å²) >= 11 is 0. The summed E-state index contributed by atoms with van der Waals surface area (Å²) in [6.45, 7) is 7.03. The molecule has 0 spiro atoms. The standard InChI is InChI=1S/C23H30N6O3/c1-15(31)28-10-9-17(12-28)25-21-24-11-18-19(26-21)13-29(23(18,2)3)22(32)27-20(14-30)16-7-5-4-6-8-16/h4-8,11,17,20,30H,9-10,12-14H2,1-3H3,(H,27,32)(H,24,25,26)/t17?,20-/m1/s1. The van der Waals surface area contributed by atoms with Crippen LogP contribution in [0.4, 0.5) is 10.7 Å². The van der Waals surface area contributed by atoms with E-state index in [1.807, 2.05) is 49.1 Å². The zero-order valence-electron chi connectivity index (χ0n) is 18.7. The molecule has 170 valence electrons. The molecule has 0 saturated carbocycles. The molecular weight excluding hydrogens is 408 g/mol. The lowest BCUT2D eigenvalue weighted by Crippen LogP contribution is -2.47. The van der Waals surface area contributed by atoms with Gasteiger partial charge in [-0.15, -0.1) is 0 Å². The second-order valence-corrected chi connectivity index (χ2v) is 8.89. The average molecular weight is 439 g/mol. The average Bonchev–Trinajstić information content (AvgIpc) is 3.34. The van der Waals surface area contributed by atoms with Crippen LogP contribution in [-0.2, 0) is 16.9 Å². The van der Waals surface area contributed by atoms with Gasteiger partial charge in [-0.05, 0) is 25.8 Å². The van der Waals surface area contributed by atoms with Gasteiger partial charge in [0.15, 0.2) is 0 Å². The molecule has 0 bridgehead atoms. The van der Waals surface area contributed by atoms with Crippen molar-refractivity contribution in [2.24, 2.45) is 0 Å². The molecule has 0 aliphatic carbocycles. The van der Waals surface area contributed by atoms with E-state index in [0.29, 0.717) is 19.0 Å². The van der Waals surface area contributed by atoms with Crippen LogP contribution in [0.3, 0.4) is 0 Å². The van der Waals surface area contributed by atoms with Crippen LogP contribution >= 0.6 is 0 Å². The molecule has 1 aromatic heterocycles. The summed E-state index contributed by atoms with van der Waals surface area (Å²) < 4.78 is 0. The van der Waals surface area contributed by atoms with Crippen LogP contribution in [0, 0.1) is 0 Å². The third kappa shape index (κ3) is 4.25. The molecule has 3 amide bonds. The summed E-state index contributed by atoms with van der Waals surface area (Å²) in [6.07, 6.45) is 2.62. The number of anilines is 1. The molecule has 2 aliphatic heterocycles. The van der Waals surface area contributed by atoms with Crippen LogP contribution in [0.1, 0.15) is 50.1 Å². The van der Waals surface area contributed by atoms with Crippen LogP contribution in [0.5, 0.6) is 0 Å². The van der Waals surface area contributed by atoms with Crippen molar-refractivity contribution >= 4 is 17.9 Å². The first kappa shape index (κ1) is 22.0. The van der Waals surface area contributed by atoms with E-state index in [2.05, 4.69) is 20.6 Å². The molecule has 2 aromatic rings. The first-order valence-corrected chi connectivity index (χ1v) is 10.9. The van der Waals surface area contributed by atoms with E-state index < -0.39 is 11.6 Å². The minimum absolute atomic E-state index is 0.0734. The molecule has 2 aliphatic rings. The number of nitrogens with one attached hydrogen (secondary N) is 2. The second kappa shape index (κ2) is 8.74. The maximum Gasteiger partial charge on any atom is 0.319 e. The number of amides is 3. The van der Waals surface area contributed by atoms with Crippen molar-refractivity contribution < 1.29 is 14.7 Å². The number of hydrogen-bond donors (Lipinski definition) is 3. The predicted octanol–water partition coefficient (Wildman–Crippen LogP) is 2.00. The molecular formula is C23H30N6O3. The highest BCUT2D eigenvalue weighted by Gasteiger charge is 2.42. The fourth-order valence-electron chi connectivity index (χ4n) is 4.43. The van der Waals surface area contributed by atoms with E-state index in [4.69, 9.17) is 0 Å². The number of urea groups is 1. The summed E-state index contributed by atoms with van der Waals surface area (Å²) in [5.41, 5.74) is 1.95. The summed E-state index contributed by atoms with van der Waals surface area (Å²) in [5, 5.41) is 16.1. The third-order valence-corrected chi connectivity index (χ3v) is 6.40. The summed E-state index contributed by atoms with van der Waals surface area (Å²) in [4.78, 5) is 37.4. The monoisotopic (exact) mass is 438 g/mol. The van der Waals surface area contributed by atoms with Crippen LogP contribution in [0.25, 0.3) is 0 Å². The van der Waals surface area contributed by atoms with Gasteiger partial charge >= 0.3 is 6.03 Å². The van der Waals surface area contributed by atoms with Crippen molar-refractivity contribution in [3.05, 3.63) is 53.3 Å². The van der Waals surface area contributed by atoms with Crippen LogP contribution in [0.2, 0.25) is 0 Å². The van der Waals surface area contributed by atoms with Gasteiger partial charge in [-0.25, -0.2) is 14.8 Å². The Morgan fingerprint density at radius 2 is 2.03 bits per heavy atom. The molecule has 0 radical (unpaired) electrons. The van der Waals surface area contributed by atoms with Gasteiger partial charge in [-0.1, -0.05) is 30.3 Å². The topological polar surface area (TPSA) is 111 Å². The fourth-order valence-corrected chi connectivity index (χ4v) is 4.43. The highest BCUT2D eigenvalue weighted by molar-refractivity contribution is 5.77. The number of carbonyl (C=O) groups excluding carboxylic acids is 2. The second-order valence-electron chi connectivity index (χ2n) is 8.89. The molecule has 3 N–H and O–H groups in total. The normalized spacial score (nSPS) is 20.1. The maximum atomic E-state index is 13.1. The Morgan fingerprint density at radius 1 is 1.28 bits per heavy atom. The maximum absolute atomic E-state index is 13.1. The van der Waals surface area contributed by atoms with E-state index >= 15 is 0 Å². The van der Waals surface area contributed by atoms with Crippen molar-refractivity contribution in [3.63, 3.8) is 0 Å². The SMILES string of the molecule is CC(=O)N1CCC(Nc2ncc3c(n2)CN(C(=O)N[C@H](CO)c2ccccc2)C3(C)C)C1. The van der Waals surface area contributed by atoms with E-state index in [9.17, 15) is 14.7 Å². The van der Waals surface area contributed by atoms with Crippen LogP contribution < -0.4 is 10.6 Å². The van der Waals surface area contributed by atoms with Gasteiger partial charge < -0.3 is 25.5 Å². The Hall–Kier alpha value is -3.20. The lowest BCUT2D eigenvalue weighted by atomic mass is 9.97. The number of likely N-dealkylation sites (tertiary alicyclic amines) is 1. The number of hydrogen-bond acceptors (Lipinski definition) is 6. The van der Waals surface area contributed by atoms with Crippen molar-refractivity contribution in [2.45, 2.75) is 51.4 Å². The molecule has 1 fully saturated rings. The van der Waals surface area contributed by atoms with Gasteiger partial charge in [0.2, 0.25) is 11.9 Å². The van der Waals surface area contributed by atoms with E-state index in [1.165, 1.54) is 0 Å². The Labute approximate surface area is 187 Å². The lowest BCUT2D eigenvalue weighted by Gasteiger charge is -2.33. The highest BCUT2D eigenvalue weighted by Crippen LogP contribution is 2.38. The Morgan fingerprint density at radius 3 is 2.69 bits per heavy atom. The molecule has 3 heterocycles. The molecule has 32 heavy (non-hydrogen) atoms. The third-order valence-electron chi connectivity index (χ3n) is 6.40. The van der Waals surface area contributed by atoms with E-state index in [1.54, 1.807) is 18.0 Å². The summed E-state index contributed by atoms with van der Waals surface area (Å²) in [5.74, 6) is 0.582. The number of aromatic nitrogens is 2. The van der Waals surface area contributed by atoms with Crippen molar-refractivity contribution in [3.8, 4) is 0 Å². The Kier molecular flexibility index (Phi) is 6.01. The van der Waals surface area contributed by atoms with Crippen LogP contribution in [-0.4, -0.2) is 62.6 Å². The molecule has 1 saturated heterocycles. The minimum Gasteiger partial charge on any atom is -0.394 e. The van der Waals surface area contributed by atoms with Crippen LogP contribution in [0.15, 0.2) is 36.5 Å². The van der Waals surface area contributed by atoms with Gasteiger partial charge in [0.05, 0.1) is 30.4 Å². The van der Waals surface area contributed by atoms with Crippen molar-refractivity contribution in [1.29, 1.82) is 0 Å². The molecule has 2 atom stereocenters. The fraction of sp³-hybridized carbons (Fsp3) is 0.478. The van der Waals surface area contributed by atoms with Crippen molar-refractivity contribution in [1.82, 2.24) is 25.1 Å². The first-order chi connectivity index (χ1) is 15.3. The lowest BCUT2D eigenvalue weighted by molar-refractivity contribution is -0.127. The number of rotatable bonds is 5. The predicted molar refractivity (Wildman–Crippen MR) is 120 cm³/mol. The summed E-state index contributed by atoms with van der Waals surface area (Å²) in [6, 6.07) is 8.77. The summed E-state index contributed by atoms with van der Waals surface area (Å²) in [7, 11) is 0. The van der Waals surface area contributed by atoms with Gasteiger partial charge in [0.1, 0.15) is 0 Å². The van der Waals surface area contributed by atoms with E-state index in [-0.39, 0.29) is 24.6 Å².